The summed E-state index contributed by atoms with van der Waals surface area (Å²) in [6, 6.07) is 0.449. The summed E-state index contributed by atoms with van der Waals surface area (Å²) in [5, 5.41) is 0. The van der Waals surface area contributed by atoms with Crippen LogP contribution >= 0.6 is 0 Å². The van der Waals surface area contributed by atoms with Gasteiger partial charge in [0.1, 0.15) is 0 Å². The second-order valence-corrected chi connectivity index (χ2v) is 3.38. The number of hydrogen-bond donors (Lipinski definition) is 1. The van der Waals surface area contributed by atoms with E-state index in [1.807, 2.05) is 0 Å². The van der Waals surface area contributed by atoms with Crippen LogP contribution in [-0.4, -0.2) is 6.04 Å². The lowest BCUT2D eigenvalue weighted by Gasteiger charge is -2.20. The molecule has 0 bridgehead atoms. The van der Waals surface area contributed by atoms with E-state index in [9.17, 15) is 0 Å². The molecule has 0 heterocycles. The first kappa shape index (κ1) is 11.0. The number of rotatable bonds is 6. The summed E-state index contributed by atoms with van der Waals surface area (Å²) >= 11 is 0. The maximum absolute atomic E-state index is 6.03. The van der Waals surface area contributed by atoms with Gasteiger partial charge >= 0.3 is 0 Å². The van der Waals surface area contributed by atoms with Crippen LogP contribution < -0.4 is 5.73 Å². The van der Waals surface area contributed by atoms with E-state index < -0.39 is 0 Å². The average Bonchev–Trinajstić information content (AvgIpc) is 2.03. The van der Waals surface area contributed by atoms with Crippen molar-refractivity contribution in [3.8, 4) is 0 Å². The van der Waals surface area contributed by atoms with Gasteiger partial charge in [-0.1, -0.05) is 46.5 Å². The lowest BCUT2D eigenvalue weighted by atomic mass is 9.91. The Labute approximate surface area is 71.4 Å². The van der Waals surface area contributed by atoms with E-state index >= 15 is 0 Å². The van der Waals surface area contributed by atoms with Gasteiger partial charge < -0.3 is 5.73 Å². The molecule has 2 N–H and O–H groups in total. The van der Waals surface area contributed by atoms with Gasteiger partial charge in [0, 0.05) is 6.04 Å². The molecule has 1 unspecified atom stereocenters. The molecule has 0 aromatic carbocycles. The topological polar surface area (TPSA) is 26.0 Å². The van der Waals surface area contributed by atoms with E-state index in [0.717, 1.165) is 5.92 Å². The molecular weight excluding hydrogens is 134 g/mol. The van der Waals surface area contributed by atoms with E-state index in [1.165, 1.54) is 32.1 Å². The molecule has 0 aliphatic heterocycles. The smallest absolute Gasteiger partial charge is 0.00669 e. The molecule has 0 amide bonds. The van der Waals surface area contributed by atoms with E-state index in [-0.39, 0.29) is 0 Å². The maximum atomic E-state index is 6.03. The van der Waals surface area contributed by atoms with E-state index in [4.69, 9.17) is 5.73 Å². The van der Waals surface area contributed by atoms with Gasteiger partial charge in [-0.3, -0.25) is 0 Å². The molecule has 0 radical (unpaired) electrons. The monoisotopic (exact) mass is 157 g/mol. The quantitative estimate of drug-likeness (QED) is 0.630. The molecule has 11 heavy (non-hydrogen) atoms. The predicted octanol–water partition coefficient (Wildman–Crippen LogP) is 2.94. The lowest BCUT2D eigenvalue weighted by Crippen LogP contribution is -2.29. The Kier molecular flexibility index (Phi) is 6.63. The van der Waals surface area contributed by atoms with Gasteiger partial charge in [0.05, 0.1) is 0 Å². The van der Waals surface area contributed by atoms with Crippen LogP contribution in [0.15, 0.2) is 0 Å². The molecule has 1 heteroatoms. The van der Waals surface area contributed by atoms with Crippen molar-refractivity contribution >= 4 is 0 Å². The van der Waals surface area contributed by atoms with Crippen LogP contribution in [0.2, 0.25) is 0 Å². The van der Waals surface area contributed by atoms with Gasteiger partial charge in [-0.2, -0.15) is 0 Å². The molecule has 0 fully saturated rings. The Morgan fingerprint density at radius 2 is 1.64 bits per heavy atom. The largest absolute Gasteiger partial charge is 0.327 e. The highest BCUT2D eigenvalue weighted by Crippen LogP contribution is 2.15. The van der Waals surface area contributed by atoms with Crippen molar-refractivity contribution in [3.63, 3.8) is 0 Å². The molecule has 1 nitrogen and oxygen atoms in total. The van der Waals surface area contributed by atoms with Gasteiger partial charge in [-0.05, 0) is 12.3 Å². The van der Waals surface area contributed by atoms with Crippen LogP contribution in [0.4, 0.5) is 0 Å². The summed E-state index contributed by atoms with van der Waals surface area (Å²) in [5.41, 5.74) is 6.03. The van der Waals surface area contributed by atoms with E-state index in [0.29, 0.717) is 6.04 Å². The lowest BCUT2D eigenvalue weighted by molar-refractivity contribution is 0.370. The Bertz CT molecular complexity index is 76.9. The van der Waals surface area contributed by atoms with Crippen LogP contribution in [-0.2, 0) is 0 Å². The zero-order valence-electron chi connectivity index (χ0n) is 8.27. The van der Waals surface area contributed by atoms with Gasteiger partial charge in [0.25, 0.3) is 0 Å². The van der Waals surface area contributed by atoms with Crippen molar-refractivity contribution in [2.45, 2.75) is 58.9 Å². The summed E-state index contributed by atoms with van der Waals surface area (Å²) in [6.07, 6.45) is 6.25. The second-order valence-electron chi connectivity index (χ2n) is 3.38. The van der Waals surface area contributed by atoms with Gasteiger partial charge in [0.2, 0.25) is 0 Å². The van der Waals surface area contributed by atoms with Gasteiger partial charge in [0.15, 0.2) is 0 Å². The zero-order valence-corrected chi connectivity index (χ0v) is 8.27. The van der Waals surface area contributed by atoms with Crippen LogP contribution in [0.5, 0.6) is 0 Å². The minimum absolute atomic E-state index is 0.449. The first-order chi connectivity index (χ1) is 5.26. The number of hydrogen-bond acceptors (Lipinski definition) is 1. The highest BCUT2D eigenvalue weighted by molar-refractivity contribution is 4.70. The van der Waals surface area contributed by atoms with Crippen LogP contribution in [0, 0.1) is 5.92 Å². The third kappa shape index (κ3) is 4.41. The van der Waals surface area contributed by atoms with Gasteiger partial charge in [-0.15, -0.1) is 0 Å². The molecule has 0 aliphatic carbocycles. The molecular formula is C10H23N. The number of unbranched alkanes of at least 4 members (excludes halogenated alkanes) is 1. The van der Waals surface area contributed by atoms with Crippen LogP contribution in [0.1, 0.15) is 52.9 Å². The zero-order chi connectivity index (χ0) is 8.69. The van der Waals surface area contributed by atoms with E-state index in [1.54, 1.807) is 0 Å². The van der Waals surface area contributed by atoms with Gasteiger partial charge in [-0.25, -0.2) is 0 Å². The van der Waals surface area contributed by atoms with Crippen molar-refractivity contribution in [1.82, 2.24) is 0 Å². The molecule has 0 spiro atoms. The fourth-order valence-corrected chi connectivity index (χ4v) is 1.57. The third-order valence-electron chi connectivity index (χ3n) is 2.55. The van der Waals surface area contributed by atoms with Crippen molar-refractivity contribution in [3.05, 3.63) is 0 Å². The Balaban J connectivity index is 3.51. The summed E-state index contributed by atoms with van der Waals surface area (Å²) in [5.74, 6) is 0.751. The minimum Gasteiger partial charge on any atom is -0.327 e. The van der Waals surface area contributed by atoms with Crippen molar-refractivity contribution < 1.29 is 0 Å². The fourth-order valence-electron chi connectivity index (χ4n) is 1.57. The minimum atomic E-state index is 0.449. The first-order valence-electron chi connectivity index (χ1n) is 5.01. The maximum Gasteiger partial charge on any atom is 0.00669 e. The highest BCUT2D eigenvalue weighted by Gasteiger charge is 2.12. The van der Waals surface area contributed by atoms with E-state index in [2.05, 4.69) is 20.8 Å². The second kappa shape index (κ2) is 6.66. The molecule has 0 saturated heterocycles. The Morgan fingerprint density at radius 1 is 1.09 bits per heavy atom. The SMILES string of the molecule is CCCCC(N)C(CC)CC. The predicted molar refractivity (Wildman–Crippen MR) is 51.6 cm³/mol. The third-order valence-corrected chi connectivity index (χ3v) is 2.55. The summed E-state index contributed by atoms with van der Waals surface area (Å²) < 4.78 is 0. The normalized spacial score (nSPS) is 13.9. The molecule has 0 saturated carbocycles. The van der Waals surface area contributed by atoms with Crippen LogP contribution in [0.25, 0.3) is 0 Å². The molecule has 68 valence electrons. The fraction of sp³-hybridized carbons (Fsp3) is 1.00. The standard InChI is InChI=1S/C10H23N/c1-4-7-8-10(11)9(5-2)6-3/h9-10H,4-8,11H2,1-3H3. The highest BCUT2D eigenvalue weighted by atomic mass is 14.6. The van der Waals surface area contributed by atoms with Crippen molar-refractivity contribution in [1.29, 1.82) is 0 Å². The summed E-state index contributed by atoms with van der Waals surface area (Å²) in [4.78, 5) is 0. The Hall–Kier alpha value is -0.0400. The molecule has 0 rings (SSSR count). The average molecular weight is 157 g/mol. The molecule has 0 aromatic rings. The van der Waals surface area contributed by atoms with Crippen molar-refractivity contribution in [2.75, 3.05) is 0 Å². The van der Waals surface area contributed by atoms with Crippen LogP contribution in [0.3, 0.4) is 0 Å². The number of nitrogens with two attached hydrogens (primary N) is 1. The van der Waals surface area contributed by atoms with Crippen molar-refractivity contribution in [2.24, 2.45) is 11.7 Å². The molecule has 0 aliphatic rings. The molecule has 0 aromatic heterocycles. The first-order valence-corrected chi connectivity index (χ1v) is 5.01. The Morgan fingerprint density at radius 3 is 2.00 bits per heavy atom. The summed E-state index contributed by atoms with van der Waals surface area (Å²) in [7, 11) is 0. The summed E-state index contributed by atoms with van der Waals surface area (Å²) in [6.45, 7) is 6.69. The molecule has 1 atom stereocenters.